The number of fused-ring (bicyclic) bond motifs is 1. The summed E-state index contributed by atoms with van der Waals surface area (Å²) in [6.45, 7) is 6.32. The van der Waals surface area contributed by atoms with E-state index in [-0.39, 0.29) is 18.2 Å². The third kappa shape index (κ3) is 6.21. The highest BCUT2D eigenvalue weighted by atomic mass is 16.5. The van der Waals surface area contributed by atoms with Gasteiger partial charge in [-0.25, -0.2) is 0 Å². The van der Waals surface area contributed by atoms with Crippen molar-refractivity contribution in [1.29, 1.82) is 0 Å². The summed E-state index contributed by atoms with van der Waals surface area (Å²) >= 11 is 0. The van der Waals surface area contributed by atoms with Crippen molar-refractivity contribution in [2.45, 2.75) is 33.2 Å². The van der Waals surface area contributed by atoms with Crippen LogP contribution in [-0.2, 0) is 24.2 Å². The molecule has 0 saturated heterocycles. The number of methoxy groups -OCH3 is 1. The first-order valence-electron chi connectivity index (χ1n) is 12.1. The molecular formula is C29H33N3O3. The molecule has 1 aliphatic rings. The highest BCUT2D eigenvalue weighted by Gasteiger charge is 2.22. The average Bonchev–Trinajstić information content (AvgIpc) is 2.87. The molecule has 4 rings (SSSR count). The molecule has 2 amide bonds. The second-order valence-corrected chi connectivity index (χ2v) is 9.35. The Kier molecular flexibility index (Phi) is 7.70. The van der Waals surface area contributed by atoms with Gasteiger partial charge in [0.15, 0.2) is 0 Å². The van der Waals surface area contributed by atoms with E-state index in [4.69, 9.17) is 4.74 Å². The topological polar surface area (TPSA) is 70.7 Å². The molecule has 0 bridgehead atoms. The Morgan fingerprint density at radius 1 is 1.00 bits per heavy atom. The number of anilines is 2. The molecule has 6 heteroatoms. The van der Waals surface area contributed by atoms with Gasteiger partial charge < -0.3 is 20.3 Å². The molecule has 3 aromatic rings. The molecule has 35 heavy (non-hydrogen) atoms. The van der Waals surface area contributed by atoms with Crippen molar-refractivity contribution in [2.24, 2.45) is 5.92 Å². The second-order valence-electron chi connectivity index (χ2n) is 9.35. The maximum atomic E-state index is 13.2. The molecule has 0 atom stereocenters. The fourth-order valence-corrected chi connectivity index (χ4v) is 4.30. The summed E-state index contributed by atoms with van der Waals surface area (Å²) in [6.07, 6.45) is 1.17. The quantitative estimate of drug-likeness (QED) is 0.494. The Hall–Kier alpha value is -3.80. The predicted molar refractivity (Wildman–Crippen MR) is 140 cm³/mol. The lowest BCUT2D eigenvalue weighted by Crippen LogP contribution is -2.34. The number of ether oxygens (including phenoxy) is 1. The first-order valence-corrected chi connectivity index (χ1v) is 12.1. The number of nitrogens with one attached hydrogen (secondary N) is 2. The van der Waals surface area contributed by atoms with Crippen LogP contribution in [0.2, 0.25) is 0 Å². The van der Waals surface area contributed by atoms with E-state index in [2.05, 4.69) is 53.6 Å². The number of hydrogen-bond acceptors (Lipinski definition) is 4. The minimum atomic E-state index is -0.136. The number of carbonyl (C=O) groups excluding carboxylic acids is 2. The van der Waals surface area contributed by atoms with Gasteiger partial charge in [0.1, 0.15) is 5.75 Å². The Morgan fingerprint density at radius 3 is 2.46 bits per heavy atom. The average molecular weight is 472 g/mol. The third-order valence-corrected chi connectivity index (χ3v) is 6.19. The monoisotopic (exact) mass is 471 g/mol. The van der Waals surface area contributed by atoms with Gasteiger partial charge in [-0.1, -0.05) is 50.2 Å². The molecule has 182 valence electrons. The molecule has 3 aromatic carbocycles. The number of hydrogen-bond donors (Lipinski definition) is 2. The molecular weight excluding hydrogens is 438 g/mol. The van der Waals surface area contributed by atoms with Crippen LogP contribution in [0.3, 0.4) is 0 Å². The van der Waals surface area contributed by atoms with Crippen LogP contribution in [0.15, 0.2) is 66.7 Å². The molecule has 0 radical (unpaired) electrons. The van der Waals surface area contributed by atoms with Gasteiger partial charge in [0.05, 0.1) is 19.1 Å². The molecule has 1 aliphatic heterocycles. The molecule has 6 nitrogen and oxygen atoms in total. The highest BCUT2D eigenvalue weighted by molar-refractivity contribution is 6.02. The van der Waals surface area contributed by atoms with E-state index >= 15 is 0 Å². The maximum Gasteiger partial charge on any atom is 0.253 e. The summed E-state index contributed by atoms with van der Waals surface area (Å²) in [6, 6.07) is 21.5. The van der Waals surface area contributed by atoms with E-state index in [1.54, 1.807) is 13.2 Å². The van der Waals surface area contributed by atoms with E-state index in [0.29, 0.717) is 23.7 Å². The number of nitrogens with zero attached hydrogens (tertiary/aromatic N) is 1. The van der Waals surface area contributed by atoms with Crippen LogP contribution in [-0.4, -0.2) is 32.0 Å². The van der Waals surface area contributed by atoms with E-state index in [1.807, 2.05) is 36.4 Å². The van der Waals surface area contributed by atoms with Crippen LogP contribution in [0.5, 0.6) is 5.75 Å². The van der Waals surface area contributed by atoms with Crippen LogP contribution >= 0.6 is 0 Å². The van der Waals surface area contributed by atoms with Crippen LogP contribution < -0.4 is 20.3 Å². The summed E-state index contributed by atoms with van der Waals surface area (Å²) in [4.78, 5) is 28.1. The maximum absolute atomic E-state index is 13.2. The molecule has 0 spiro atoms. The zero-order valence-corrected chi connectivity index (χ0v) is 20.6. The van der Waals surface area contributed by atoms with Gasteiger partial charge in [-0.2, -0.15) is 0 Å². The van der Waals surface area contributed by atoms with Gasteiger partial charge in [-0.05, 0) is 59.4 Å². The third-order valence-electron chi connectivity index (χ3n) is 6.19. The van der Waals surface area contributed by atoms with E-state index in [9.17, 15) is 9.59 Å². The fourth-order valence-electron chi connectivity index (χ4n) is 4.30. The Labute approximate surface area is 207 Å². The fraction of sp³-hybridized carbons (Fsp3) is 0.310. The first-order chi connectivity index (χ1) is 16.9. The standard InChI is InChI=1S/C29H33N3O3/c1-20(2)18-30-29(34)26-17-24(31-28(33)16-21-8-11-25(35-3)12-9-21)10-13-27(26)32-15-14-22-6-4-5-7-23(22)19-32/h4-13,17,20H,14-16,18-19H2,1-3H3,(H,30,34)(H,31,33). The van der Waals surface area contributed by atoms with Gasteiger partial charge in [0.25, 0.3) is 5.91 Å². The van der Waals surface area contributed by atoms with Gasteiger partial charge in [-0.15, -0.1) is 0 Å². The number of carbonyl (C=O) groups is 2. The smallest absolute Gasteiger partial charge is 0.253 e. The van der Waals surface area contributed by atoms with Crippen molar-refractivity contribution in [2.75, 3.05) is 30.4 Å². The van der Waals surface area contributed by atoms with Crippen molar-refractivity contribution in [3.8, 4) is 5.75 Å². The molecule has 0 saturated carbocycles. The Morgan fingerprint density at radius 2 is 1.74 bits per heavy atom. The first kappa shape index (κ1) is 24.3. The van der Waals surface area contributed by atoms with E-state index in [0.717, 1.165) is 36.5 Å². The minimum absolute atomic E-state index is 0.126. The van der Waals surface area contributed by atoms with Gasteiger partial charge >= 0.3 is 0 Å². The van der Waals surface area contributed by atoms with Crippen LogP contribution in [0.1, 0.15) is 40.9 Å². The van der Waals surface area contributed by atoms with E-state index < -0.39 is 0 Å². The lowest BCUT2D eigenvalue weighted by atomic mass is 9.98. The second kappa shape index (κ2) is 11.1. The van der Waals surface area contributed by atoms with Crippen LogP contribution in [0, 0.1) is 5.92 Å². The van der Waals surface area contributed by atoms with Crippen molar-refractivity contribution in [1.82, 2.24) is 5.32 Å². The zero-order chi connectivity index (χ0) is 24.8. The number of rotatable bonds is 8. The van der Waals surface area contributed by atoms with E-state index in [1.165, 1.54) is 11.1 Å². The minimum Gasteiger partial charge on any atom is -0.497 e. The molecule has 2 N–H and O–H groups in total. The largest absolute Gasteiger partial charge is 0.497 e. The lowest BCUT2D eigenvalue weighted by molar-refractivity contribution is -0.115. The predicted octanol–water partition coefficient (Wildman–Crippen LogP) is 4.82. The van der Waals surface area contributed by atoms with Crippen LogP contribution in [0.25, 0.3) is 0 Å². The normalized spacial score (nSPS) is 12.7. The summed E-state index contributed by atoms with van der Waals surface area (Å²) in [7, 11) is 1.61. The zero-order valence-electron chi connectivity index (χ0n) is 20.6. The van der Waals surface area contributed by atoms with Gasteiger partial charge in [0.2, 0.25) is 5.91 Å². The van der Waals surface area contributed by atoms with Crippen molar-refractivity contribution < 1.29 is 14.3 Å². The summed E-state index contributed by atoms with van der Waals surface area (Å²) in [5.74, 6) is 0.834. The van der Waals surface area contributed by atoms with Crippen molar-refractivity contribution in [3.63, 3.8) is 0 Å². The molecule has 1 heterocycles. The molecule has 0 aromatic heterocycles. The summed E-state index contributed by atoms with van der Waals surface area (Å²) in [5, 5.41) is 5.99. The lowest BCUT2D eigenvalue weighted by Gasteiger charge is -2.32. The van der Waals surface area contributed by atoms with Gasteiger partial charge in [0, 0.05) is 31.0 Å². The molecule has 0 aliphatic carbocycles. The van der Waals surface area contributed by atoms with Crippen LogP contribution in [0.4, 0.5) is 11.4 Å². The SMILES string of the molecule is COc1ccc(CC(=O)Nc2ccc(N3CCc4ccccc4C3)c(C(=O)NCC(C)C)c2)cc1. The summed E-state index contributed by atoms with van der Waals surface area (Å²) in [5.41, 5.74) is 5.60. The number of amides is 2. The Balaban J connectivity index is 1.54. The number of benzene rings is 3. The molecule has 0 fully saturated rings. The van der Waals surface area contributed by atoms with Crippen molar-refractivity contribution in [3.05, 3.63) is 89.0 Å². The molecule has 0 unspecified atom stereocenters. The van der Waals surface area contributed by atoms with Crippen molar-refractivity contribution >= 4 is 23.2 Å². The summed E-state index contributed by atoms with van der Waals surface area (Å²) < 4.78 is 5.18. The Bertz CT molecular complexity index is 1190. The highest BCUT2D eigenvalue weighted by Crippen LogP contribution is 2.30. The van der Waals surface area contributed by atoms with Gasteiger partial charge in [-0.3, -0.25) is 9.59 Å².